The van der Waals surface area contributed by atoms with Gasteiger partial charge in [-0.1, -0.05) is 62.6 Å². The van der Waals surface area contributed by atoms with Crippen molar-refractivity contribution in [3.8, 4) is 5.69 Å². The molecule has 0 radical (unpaired) electrons. The standard InChI is InChI=1S/C42H47ClN6O5S2.H2O/c1-4-6-20-47(21-7-5-2)42(53)37-22-28(3)49(45-37)38-18-16-33(24-36(38)41(52)48-26-31-11-9-8-10-30(31)23-34(48)27-50)46-56(54)39-19-17-35(55-39)25-44-40(51)29-12-14-32(43)15-13-29;/h8-19,22,24,34,46,50H,4-7,20-21,23,25-27H2,1-3H3,(H,44,51);1H2/t34-,56?;/m0./s1. The normalized spacial score (nSPS) is 14.0. The van der Waals surface area contributed by atoms with Crippen LogP contribution in [-0.4, -0.2) is 77.8 Å². The van der Waals surface area contributed by atoms with Crippen LogP contribution in [0.4, 0.5) is 5.69 Å². The summed E-state index contributed by atoms with van der Waals surface area (Å²) in [6.45, 7) is 7.67. The molecule has 0 spiro atoms. The highest BCUT2D eigenvalue weighted by molar-refractivity contribution is 7.88. The molecule has 1 unspecified atom stereocenters. The minimum atomic E-state index is -1.70. The number of benzene rings is 3. The minimum Gasteiger partial charge on any atom is -0.412 e. The number of carbonyl (C=O) groups excluding carboxylic acids is 3. The number of amides is 3. The lowest BCUT2D eigenvalue weighted by Crippen LogP contribution is -2.46. The number of aromatic nitrogens is 2. The topological polar surface area (TPSA) is 168 Å². The van der Waals surface area contributed by atoms with Crippen molar-refractivity contribution in [2.45, 2.75) is 76.2 Å². The van der Waals surface area contributed by atoms with Gasteiger partial charge in [0.1, 0.15) is 4.21 Å². The Kier molecular flexibility index (Phi) is 15.2. The maximum Gasteiger partial charge on any atom is 0.274 e. The maximum atomic E-state index is 14.7. The molecule has 3 amide bonds. The van der Waals surface area contributed by atoms with E-state index in [0.29, 0.717) is 63.6 Å². The molecule has 5 aromatic rings. The highest BCUT2D eigenvalue weighted by Gasteiger charge is 2.32. The summed E-state index contributed by atoms with van der Waals surface area (Å²) in [6, 6.07) is 24.5. The Hall–Kier alpha value is -4.86. The van der Waals surface area contributed by atoms with Crippen LogP contribution in [0.1, 0.15) is 92.4 Å². The molecule has 3 heterocycles. The maximum absolute atomic E-state index is 14.7. The molecule has 0 aliphatic carbocycles. The number of aliphatic hydroxyl groups is 1. The number of aryl methyl sites for hydroxylation is 1. The second-order valence-corrected chi connectivity index (χ2v) is 16.9. The molecular formula is C42H49ClN6O6S2. The lowest BCUT2D eigenvalue weighted by atomic mass is 9.93. The van der Waals surface area contributed by atoms with E-state index < -0.39 is 17.0 Å². The van der Waals surface area contributed by atoms with E-state index in [1.54, 1.807) is 64.2 Å². The van der Waals surface area contributed by atoms with Gasteiger partial charge in [-0.15, -0.1) is 11.3 Å². The van der Waals surface area contributed by atoms with E-state index in [0.717, 1.165) is 41.7 Å². The second kappa shape index (κ2) is 20.0. The molecule has 3 aromatic carbocycles. The second-order valence-electron chi connectivity index (χ2n) is 13.8. The number of hydrogen-bond acceptors (Lipinski definition) is 7. The fourth-order valence-electron chi connectivity index (χ4n) is 6.68. The van der Waals surface area contributed by atoms with E-state index in [4.69, 9.17) is 16.7 Å². The molecule has 5 N–H and O–H groups in total. The van der Waals surface area contributed by atoms with Crippen LogP contribution in [0.2, 0.25) is 5.02 Å². The number of hydrogen-bond donors (Lipinski definition) is 3. The summed E-state index contributed by atoms with van der Waals surface area (Å²) in [5.74, 6) is -0.723. The zero-order valence-electron chi connectivity index (χ0n) is 32.3. The fraction of sp³-hybridized carbons (Fsp3) is 0.333. The average Bonchev–Trinajstić information content (AvgIpc) is 3.86. The molecule has 6 rings (SSSR count). The highest BCUT2D eigenvalue weighted by atomic mass is 35.5. The number of thiophene rings is 1. The minimum absolute atomic E-state index is 0. The van der Waals surface area contributed by atoms with Crippen molar-refractivity contribution >= 4 is 57.3 Å². The van der Waals surface area contributed by atoms with Crippen molar-refractivity contribution in [2.24, 2.45) is 0 Å². The summed E-state index contributed by atoms with van der Waals surface area (Å²) >= 11 is 7.24. The predicted octanol–water partition coefficient (Wildman–Crippen LogP) is 6.74. The van der Waals surface area contributed by atoms with Gasteiger partial charge in [-0.2, -0.15) is 5.10 Å². The van der Waals surface area contributed by atoms with E-state index in [1.165, 1.54) is 11.3 Å². The van der Waals surface area contributed by atoms with E-state index in [-0.39, 0.29) is 41.9 Å². The van der Waals surface area contributed by atoms with Gasteiger partial charge in [0, 0.05) is 46.5 Å². The number of aliphatic hydroxyl groups excluding tert-OH is 1. The molecule has 1 aliphatic rings. The first-order valence-electron chi connectivity index (χ1n) is 18.9. The Morgan fingerprint density at radius 1 is 0.965 bits per heavy atom. The van der Waals surface area contributed by atoms with Crippen LogP contribution >= 0.6 is 22.9 Å². The van der Waals surface area contributed by atoms with Crippen LogP contribution in [-0.2, 0) is 30.5 Å². The van der Waals surface area contributed by atoms with Gasteiger partial charge in [-0.25, -0.2) is 8.89 Å². The van der Waals surface area contributed by atoms with Gasteiger partial charge in [0.15, 0.2) is 16.7 Å². The van der Waals surface area contributed by atoms with Gasteiger partial charge in [0.25, 0.3) is 17.7 Å². The van der Waals surface area contributed by atoms with Crippen LogP contribution in [0.15, 0.2) is 89.1 Å². The Morgan fingerprint density at radius 3 is 2.35 bits per heavy atom. The Bertz CT molecular complexity index is 2200. The van der Waals surface area contributed by atoms with Gasteiger partial charge >= 0.3 is 0 Å². The van der Waals surface area contributed by atoms with Crippen molar-refractivity contribution in [1.82, 2.24) is 24.9 Å². The number of nitrogens with zero attached hydrogens (tertiary/aromatic N) is 4. The van der Waals surface area contributed by atoms with Crippen LogP contribution in [0.5, 0.6) is 0 Å². The van der Waals surface area contributed by atoms with Crippen molar-refractivity contribution in [3.63, 3.8) is 0 Å². The van der Waals surface area contributed by atoms with Gasteiger partial charge in [0.05, 0.1) is 30.4 Å². The molecule has 57 heavy (non-hydrogen) atoms. The van der Waals surface area contributed by atoms with Crippen molar-refractivity contribution < 1.29 is 29.2 Å². The molecule has 0 bridgehead atoms. The Labute approximate surface area is 344 Å². The third-order valence-electron chi connectivity index (χ3n) is 9.80. The first-order valence-corrected chi connectivity index (χ1v) is 21.2. The summed E-state index contributed by atoms with van der Waals surface area (Å²) in [6.07, 6.45) is 4.21. The van der Waals surface area contributed by atoms with Crippen LogP contribution in [0.3, 0.4) is 0 Å². The third-order valence-corrected chi connectivity index (χ3v) is 12.6. The molecule has 302 valence electrons. The molecule has 12 nitrogen and oxygen atoms in total. The summed E-state index contributed by atoms with van der Waals surface area (Å²) < 4.78 is 18.9. The summed E-state index contributed by atoms with van der Waals surface area (Å²) in [5.41, 5.74) is 4.72. The largest absolute Gasteiger partial charge is 0.412 e. The number of rotatable bonds is 16. The monoisotopic (exact) mass is 832 g/mol. The number of unbranched alkanes of at least 4 members (excludes halogenated alkanes) is 2. The molecule has 2 aromatic heterocycles. The lowest BCUT2D eigenvalue weighted by molar-refractivity contribution is 0.0544. The van der Waals surface area contributed by atoms with Gasteiger partial charge in [-0.05, 0) is 98.0 Å². The van der Waals surface area contributed by atoms with E-state index in [1.807, 2.05) is 42.2 Å². The number of anilines is 1. The quantitative estimate of drug-likeness (QED) is 0.0996. The molecule has 15 heteroatoms. The zero-order valence-corrected chi connectivity index (χ0v) is 34.7. The predicted molar refractivity (Wildman–Crippen MR) is 225 cm³/mol. The number of halogens is 1. The molecule has 0 saturated heterocycles. The van der Waals surface area contributed by atoms with Crippen LogP contribution < -0.4 is 10.0 Å². The molecule has 2 atom stereocenters. The molecule has 0 saturated carbocycles. The lowest BCUT2D eigenvalue weighted by Gasteiger charge is -2.36. The zero-order chi connectivity index (χ0) is 39.8. The van der Waals surface area contributed by atoms with Crippen molar-refractivity contribution in [2.75, 3.05) is 24.4 Å². The summed E-state index contributed by atoms with van der Waals surface area (Å²) in [4.78, 5) is 45.4. The first kappa shape index (κ1) is 43.3. The fourth-order valence-corrected chi connectivity index (χ4v) is 8.86. The molecular weight excluding hydrogens is 784 g/mol. The average molecular weight is 833 g/mol. The smallest absolute Gasteiger partial charge is 0.274 e. The SMILES string of the molecule is CCCCN(CCCC)C(=O)c1cc(C)n(-c2ccc(NS(=O)c3ccc(CNC(=O)c4ccc(Cl)cc4)s3)cc2C(=O)N2Cc3ccccc3C[C@H]2CO)n1.O. The highest BCUT2D eigenvalue weighted by Crippen LogP contribution is 2.30. The van der Waals surface area contributed by atoms with E-state index >= 15 is 0 Å². The first-order chi connectivity index (χ1) is 27.1. The molecule has 0 fully saturated rings. The van der Waals surface area contributed by atoms with Crippen molar-refractivity contribution in [1.29, 1.82) is 0 Å². The van der Waals surface area contributed by atoms with Gasteiger partial charge in [0.2, 0.25) is 0 Å². The number of fused-ring (bicyclic) bond motifs is 1. The van der Waals surface area contributed by atoms with E-state index in [2.05, 4.69) is 23.9 Å². The summed E-state index contributed by atoms with van der Waals surface area (Å²) in [5, 5.41) is 18.6. The number of carbonyl (C=O) groups is 3. The Balaban J connectivity index is 0.00000620. The summed E-state index contributed by atoms with van der Waals surface area (Å²) in [7, 11) is -1.70. The molecule has 1 aliphatic heterocycles. The van der Waals surface area contributed by atoms with Crippen LogP contribution in [0.25, 0.3) is 5.69 Å². The third kappa shape index (κ3) is 10.4. The van der Waals surface area contributed by atoms with E-state index in [9.17, 15) is 23.7 Å². The van der Waals surface area contributed by atoms with Gasteiger partial charge in [-0.3, -0.25) is 14.4 Å². The van der Waals surface area contributed by atoms with Crippen LogP contribution in [0, 0.1) is 6.92 Å². The van der Waals surface area contributed by atoms with Gasteiger partial charge < -0.3 is 30.4 Å². The van der Waals surface area contributed by atoms with Crippen molar-refractivity contribution in [3.05, 3.63) is 128 Å². The number of nitrogens with one attached hydrogen (secondary N) is 2. The Morgan fingerprint density at radius 2 is 1.67 bits per heavy atom.